The van der Waals surface area contributed by atoms with E-state index in [1.807, 2.05) is 24.3 Å². The summed E-state index contributed by atoms with van der Waals surface area (Å²) in [6, 6.07) is 7.80. The number of nitrogens with one attached hydrogen (secondary N) is 1. The molecule has 0 atom stereocenters. The highest BCUT2D eigenvalue weighted by Crippen LogP contribution is 2.28. The number of piperazine rings is 1. The Morgan fingerprint density at radius 1 is 1.00 bits per heavy atom. The standard InChI is InChI=1S/C14H14Cl2N4O/c15-10-3-1-2-4-11(10)19-5-7-20(8-6-19)12-9-17-18-14(21)13(12)16/h1-4,9H,5-8H2,(H,18,21). The van der Waals surface area contributed by atoms with Crippen molar-refractivity contribution in [2.45, 2.75) is 0 Å². The highest BCUT2D eigenvalue weighted by Gasteiger charge is 2.21. The van der Waals surface area contributed by atoms with E-state index in [9.17, 15) is 4.79 Å². The molecule has 0 aliphatic carbocycles. The topological polar surface area (TPSA) is 52.2 Å². The number of rotatable bonds is 2. The summed E-state index contributed by atoms with van der Waals surface area (Å²) >= 11 is 12.3. The molecule has 0 spiro atoms. The van der Waals surface area contributed by atoms with E-state index in [2.05, 4.69) is 20.0 Å². The third kappa shape index (κ3) is 2.84. The highest BCUT2D eigenvalue weighted by atomic mass is 35.5. The minimum atomic E-state index is -0.359. The number of H-pyrrole nitrogens is 1. The first kappa shape index (κ1) is 14.2. The predicted molar refractivity (Wildman–Crippen MR) is 85.7 cm³/mol. The molecular weight excluding hydrogens is 311 g/mol. The van der Waals surface area contributed by atoms with Crippen LogP contribution in [0.3, 0.4) is 0 Å². The average Bonchev–Trinajstić information content (AvgIpc) is 2.51. The van der Waals surface area contributed by atoms with Gasteiger partial charge in [-0.05, 0) is 12.1 Å². The van der Waals surface area contributed by atoms with Crippen molar-refractivity contribution in [2.24, 2.45) is 0 Å². The van der Waals surface area contributed by atoms with Crippen LogP contribution in [-0.4, -0.2) is 36.4 Å². The molecule has 7 heteroatoms. The Balaban J connectivity index is 1.75. The monoisotopic (exact) mass is 324 g/mol. The molecule has 1 saturated heterocycles. The van der Waals surface area contributed by atoms with Crippen LogP contribution in [0.25, 0.3) is 0 Å². The van der Waals surface area contributed by atoms with Gasteiger partial charge in [-0.2, -0.15) is 5.10 Å². The summed E-state index contributed by atoms with van der Waals surface area (Å²) in [5.41, 5.74) is 1.36. The Hall–Kier alpha value is -1.72. The molecule has 110 valence electrons. The fourth-order valence-corrected chi connectivity index (χ4v) is 2.96. The quantitative estimate of drug-likeness (QED) is 0.921. The molecule has 2 heterocycles. The zero-order valence-corrected chi connectivity index (χ0v) is 12.7. The van der Waals surface area contributed by atoms with Gasteiger partial charge in [-0.15, -0.1) is 0 Å². The maximum atomic E-state index is 11.5. The number of aromatic amines is 1. The van der Waals surface area contributed by atoms with E-state index in [1.54, 1.807) is 6.20 Å². The summed E-state index contributed by atoms with van der Waals surface area (Å²) < 4.78 is 0. The van der Waals surface area contributed by atoms with E-state index in [1.165, 1.54) is 0 Å². The van der Waals surface area contributed by atoms with Crippen LogP contribution < -0.4 is 15.4 Å². The largest absolute Gasteiger partial charge is 0.367 e. The van der Waals surface area contributed by atoms with Crippen molar-refractivity contribution in [2.75, 3.05) is 36.0 Å². The van der Waals surface area contributed by atoms with Crippen LogP contribution in [0.5, 0.6) is 0 Å². The van der Waals surface area contributed by atoms with Crippen molar-refractivity contribution in [3.8, 4) is 0 Å². The minimum absolute atomic E-state index is 0.191. The van der Waals surface area contributed by atoms with Crippen LogP contribution in [0, 0.1) is 0 Å². The van der Waals surface area contributed by atoms with Gasteiger partial charge in [-0.1, -0.05) is 35.3 Å². The number of para-hydroxylation sites is 1. The lowest BCUT2D eigenvalue weighted by molar-refractivity contribution is 0.651. The van der Waals surface area contributed by atoms with Gasteiger partial charge in [0.25, 0.3) is 5.56 Å². The fourth-order valence-electron chi connectivity index (χ4n) is 2.49. The highest BCUT2D eigenvalue weighted by molar-refractivity contribution is 6.33. The number of aromatic nitrogens is 2. The van der Waals surface area contributed by atoms with Crippen LogP contribution in [0.1, 0.15) is 0 Å². The lowest BCUT2D eigenvalue weighted by Crippen LogP contribution is -2.47. The second kappa shape index (κ2) is 5.95. The van der Waals surface area contributed by atoms with Gasteiger partial charge in [0.05, 0.1) is 22.6 Å². The van der Waals surface area contributed by atoms with Gasteiger partial charge in [0.15, 0.2) is 0 Å². The molecular formula is C14H14Cl2N4O. The van der Waals surface area contributed by atoms with Crippen LogP contribution in [-0.2, 0) is 0 Å². The molecule has 0 amide bonds. The van der Waals surface area contributed by atoms with Gasteiger partial charge >= 0.3 is 0 Å². The lowest BCUT2D eigenvalue weighted by Gasteiger charge is -2.37. The molecule has 1 aliphatic heterocycles. The molecule has 1 aliphatic rings. The van der Waals surface area contributed by atoms with Gasteiger partial charge < -0.3 is 9.80 Å². The van der Waals surface area contributed by atoms with Gasteiger partial charge in [0.2, 0.25) is 0 Å². The number of benzene rings is 1. The van der Waals surface area contributed by atoms with E-state index in [0.717, 1.165) is 36.9 Å². The van der Waals surface area contributed by atoms with Crippen molar-refractivity contribution in [3.05, 3.63) is 50.9 Å². The Morgan fingerprint density at radius 2 is 1.62 bits per heavy atom. The first-order valence-electron chi connectivity index (χ1n) is 6.64. The SMILES string of the molecule is O=c1[nH]ncc(N2CCN(c3ccccc3Cl)CC2)c1Cl. The van der Waals surface area contributed by atoms with Crippen LogP contribution >= 0.6 is 23.2 Å². The summed E-state index contributed by atoms with van der Waals surface area (Å²) in [5.74, 6) is 0. The van der Waals surface area contributed by atoms with Crippen molar-refractivity contribution >= 4 is 34.6 Å². The maximum Gasteiger partial charge on any atom is 0.285 e. The molecule has 0 radical (unpaired) electrons. The Morgan fingerprint density at radius 3 is 2.29 bits per heavy atom. The van der Waals surface area contributed by atoms with Gasteiger partial charge in [0.1, 0.15) is 5.02 Å². The first-order chi connectivity index (χ1) is 10.2. The van der Waals surface area contributed by atoms with Crippen LogP contribution in [0.15, 0.2) is 35.3 Å². The van der Waals surface area contributed by atoms with E-state index < -0.39 is 0 Å². The van der Waals surface area contributed by atoms with Crippen molar-refractivity contribution < 1.29 is 0 Å². The number of halogens is 2. The smallest absolute Gasteiger partial charge is 0.285 e. The van der Waals surface area contributed by atoms with Gasteiger partial charge in [0, 0.05) is 26.2 Å². The summed E-state index contributed by atoms with van der Waals surface area (Å²) in [7, 11) is 0. The molecule has 21 heavy (non-hydrogen) atoms. The van der Waals surface area contributed by atoms with E-state index in [0.29, 0.717) is 5.69 Å². The van der Waals surface area contributed by atoms with Crippen molar-refractivity contribution in [1.29, 1.82) is 0 Å². The van der Waals surface area contributed by atoms with Crippen molar-refractivity contribution in [1.82, 2.24) is 10.2 Å². The third-order valence-electron chi connectivity index (χ3n) is 3.59. The Labute approximate surface area is 132 Å². The predicted octanol–water partition coefficient (Wildman–Crippen LogP) is 2.40. The third-order valence-corrected chi connectivity index (χ3v) is 4.28. The molecule has 1 aromatic heterocycles. The van der Waals surface area contributed by atoms with E-state index >= 15 is 0 Å². The fraction of sp³-hybridized carbons (Fsp3) is 0.286. The molecule has 5 nitrogen and oxygen atoms in total. The van der Waals surface area contributed by atoms with E-state index in [-0.39, 0.29) is 10.6 Å². The average molecular weight is 325 g/mol. The number of nitrogens with zero attached hydrogens (tertiary/aromatic N) is 3. The molecule has 0 unspecified atom stereocenters. The molecule has 3 rings (SSSR count). The second-order valence-corrected chi connectivity index (χ2v) is 5.61. The van der Waals surface area contributed by atoms with Gasteiger partial charge in [-0.3, -0.25) is 4.79 Å². The number of hydrogen-bond acceptors (Lipinski definition) is 4. The number of anilines is 2. The normalized spacial score (nSPS) is 15.3. The van der Waals surface area contributed by atoms with Crippen LogP contribution in [0.4, 0.5) is 11.4 Å². The lowest BCUT2D eigenvalue weighted by atomic mass is 10.2. The summed E-state index contributed by atoms with van der Waals surface area (Å²) in [5, 5.41) is 7.08. The van der Waals surface area contributed by atoms with Crippen molar-refractivity contribution in [3.63, 3.8) is 0 Å². The summed E-state index contributed by atoms with van der Waals surface area (Å²) in [4.78, 5) is 15.8. The molecule has 2 aromatic rings. The molecule has 0 saturated carbocycles. The summed E-state index contributed by atoms with van der Waals surface area (Å²) in [6.07, 6.45) is 1.59. The number of hydrogen-bond donors (Lipinski definition) is 1. The Bertz CT molecular complexity index is 695. The molecule has 1 N–H and O–H groups in total. The first-order valence-corrected chi connectivity index (χ1v) is 7.40. The zero-order valence-electron chi connectivity index (χ0n) is 11.2. The summed E-state index contributed by atoms with van der Waals surface area (Å²) in [6.45, 7) is 3.14. The van der Waals surface area contributed by atoms with E-state index in [4.69, 9.17) is 23.2 Å². The van der Waals surface area contributed by atoms with Gasteiger partial charge in [-0.25, -0.2) is 5.10 Å². The molecule has 0 bridgehead atoms. The second-order valence-electron chi connectivity index (χ2n) is 4.82. The maximum absolute atomic E-state index is 11.5. The molecule has 1 fully saturated rings. The minimum Gasteiger partial charge on any atom is -0.367 e. The Kier molecular flexibility index (Phi) is 4.03. The van der Waals surface area contributed by atoms with Crippen LogP contribution in [0.2, 0.25) is 10.0 Å². The molecule has 1 aromatic carbocycles. The zero-order chi connectivity index (χ0) is 14.8.